The molecule has 0 radical (unpaired) electrons. The molecule has 0 fully saturated rings. The molecule has 1 heterocycles. The number of nitrogens with zero attached hydrogens (tertiary/aromatic N) is 2. The van der Waals surface area contributed by atoms with Crippen LogP contribution in [0.4, 0.5) is 18.9 Å². The lowest BCUT2D eigenvalue weighted by molar-refractivity contribution is 0.499. The van der Waals surface area contributed by atoms with Gasteiger partial charge in [0.1, 0.15) is 5.82 Å². The Morgan fingerprint density at radius 1 is 1.00 bits per heavy atom. The largest absolute Gasteiger partial charge is 0.380 e. The van der Waals surface area contributed by atoms with E-state index in [-0.39, 0.29) is 22.7 Å². The first-order valence-corrected chi connectivity index (χ1v) is 7.55. The highest BCUT2D eigenvalue weighted by Crippen LogP contribution is 2.39. The topological polar surface area (TPSA) is 37.8 Å². The summed E-state index contributed by atoms with van der Waals surface area (Å²) in [4.78, 5) is 0. The van der Waals surface area contributed by atoms with Gasteiger partial charge in [-0.05, 0) is 31.9 Å². The van der Waals surface area contributed by atoms with Gasteiger partial charge in [0, 0.05) is 6.04 Å². The van der Waals surface area contributed by atoms with Crippen molar-refractivity contribution in [2.75, 3.05) is 5.32 Å². The zero-order valence-electron chi connectivity index (χ0n) is 13.2. The van der Waals surface area contributed by atoms with Gasteiger partial charge in [-0.3, -0.25) is 0 Å². The maximum Gasteiger partial charge on any atom is 0.169 e. The average molecular weight is 344 g/mol. The maximum atomic E-state index is 14.2. The summed E-state index contributed by atoms with van der Waals surface area (Å²) >= 11 is 6.03. The summed E-state index contributed by atoms with van der Waals surface area (Å²) < 4.78 is 41.9. The van der Waals surface area contributed by atoms with Crippen molar-refractivity contribution in [2.45, 2.75) is 33.7 Å². The van der Waals surface area contributed by atoms with Crippen molar-refractivity contribution < 1.29 is 13.2 Å². The van der Waals surface area contributed by atoms with Crippen molar-refractivity contribution in [1.82, 2.24) is 10.2 Å². The molecule has 23 heavy (non-hydrogen) atoms. The number of rotatable bonds is 4. The fraction of sp³-hybridized carbons (Fsp3) is 0.375. The molecule has 0 bridgehead atoms. The average Bonchev–Trinajstić information content (AvgIpc) is 2.49. The van der Waals surface area contributed by atoms with Crippen LogP contribution in [0.25, 0.3) is 11.1 Å². The number of aromatic nitrogens is 2. The summed E-state index contributed by atoms with van der Waals surface area (Å²) in [6.07, 6.45) is 0. The molecule has 1 atom stereocenters. The Morgan fingerprint density at radius 2 is 1.61 bits per heavy atom. The lowest BCUT2D eigenvalue weighted by Crippen LogP contribution is -2.23. The van der Waals surface area contributed by atoms with E-state index in [9.17, 15) is 13.2 Å². The second-order valence-electron chi connectivity index (χ2n) is 5.72. The molecular weight excluding hydrogens is 327 g/mol. The Balaban J connectivity index is 2.72. The third-order valence-corrected chi connectivity index (χ3v) is 4.04. The molecule has 1 unspecified atom stereocenters. The smallest absolute Gasteiger partial charge is 0.169 e. The van der Waals surface area contributed by atoms with Gasteiger partial charge >= 0.3 is 0 Å². The fourth-order valence-corrected chi connectivity index (χ4v) is 2.29. The Bertz CT molecular complexity index is 735. The molecule has 7 heteroatoms. The van der Waals surface area contributed by atoms with Gasteiger partial charge in [0.05, 0.1) is 22.5 Å². The molecular formula is C16H17ClF3N3. The monoisotopic (exact) mass is 343 g/mol. The van der Waals surface area contributed by atoms with Crippen molar-refractivity contribution in [3.8, 4) is 11.1 Å². The summed E-state index contributed by atoms with van der Waals surface area (Å²) in [6.45, 7) is 7.54. The number of hydrogen-bond donors (Lipinski definition) is 1. The number of halogens is 4. The molecule has 0 aliphatic heterocycles. The third kappa shape index (κ3) is 3.42. The highest BCUT2D eigenvalue weighted by Gasteiger charge is 2.25. The van der Waals surface area contributed by atoms with E-state index < -0.39 is 23.0 Å². The maximum absolute atomic E-state index is 14.2. The van der Waals surface area contributed by atoms with Crippen molar-refractivity contribution in [3.05, 3.63) is 40.4 Å². The summed E-state index contributed by atoms with van der Waals surface area (Å²) in [5, 5.41) is 10.5. The zero-order valence-corrected chi connectivity index (χ0v) is 14.0. The van der Waals surface area contributed by atoms with E-state index in [0.717, 1.165) is 12.1 Å². The van der Waals surface area contributed by atoms with Gasteiger partial charge in [-0.1, -0.05) is 25.4 Å². The highest BCUT2D eigenvalue weighted by atomic mass is 35.5. The highest BCUT2D eigenvalue weighted by molar-refractivity contribution is 6.32. The van der Waals surface area contributed by atoms with Gasteiger partial charge in [-0.25, -0.2) is 13.2 Å². The summed E-state index contributed by atoms with van der Waals surface area (Å²) in [5.74, 6) is -3.14. The predicted molar refractivity (Wildman–Crippen MR) is 85.0 cm³/mol. The van der Waals surface area contributed by atoms with Crippen LogP contribution in [-0.4, -0.2) is 16.2 Å². The van der Waals surface area contributed by atoms with Gasteiger partial charge in [0.15, 0.2) is 16.8 Å². The van der Waals surface area contributed by atoms with E-state index in [1.54, 1.807) is 6.92 Å². The normalized spacial score (nSPS) is 12.6. The minimum absolute atomic E-state index is 0.0209. The molecule has 0 amide bonds. The Hall–Kier alpha value is -1.82. The fourth-order valence-electron chi connectivity index (χ4n) is 2.06. The number of anilines is 1. The van der Waals surface area contributed by atoms with Crippen LogP contribution < -0.4 is 5.32 Å². The van der Waals surface area contributed by atoms with Gasteiger partial charge < -0.3 is 5.32 Å². The van der Waals surface area contributed by atoms with Crippen molar-refractivity contribution in [2.24, 2.45) is 5.92 Å². The first-order chi connectivity index (χ1) is 10.7. The van der Waals surface area contributed by atoms with Crippen LogP contribution in [0, 0.1) is 30.3 Å². The van der Waals surface area contributed by atoms with Crippen LogP contribution in [0.3, 0.4) is 0 Å². The van der Waals surface area contributed by atoms with Crippen molar-refractivity contribution >= 4 is 17.3 Å². The molecule has 2 aromatic rings. The molecule has 2 rings (SSSR count). The van der Waals surface area contributed by atoms with Crippen LogP contribution in [0.2, 0.25) is 5.15 Å². The molecule has 0 saturated heterocycles. The lowest BCUT2D eigenvalue weighted by atomic mass is 10.0. The van der Waals surface area contributed by atoms with Crippen molar-refractivity contribution in [1.29, 1.82) is 0 Å². The van der Waals surface area contributed by atoms with Crippen molar-refractivity contribution in [3.63, 3.8) is 0 Å². The van der Waals surface area contributed by atoms with Gasteiger partial charge in [-0.2, -0.15) is 5.10 Å². The van der Waals surface area contributed by atoms with Crippen LogP contribution in [0.1, 0.15) is 26.5 Å². The Morgan fingerprint density at radius 3 is 2.22 bits per heavy atom. The molecule has 0 saturated carbocycles. The van der Waals surface area contributed by atoms with Crippen LogP contribution >= 0.6 is 11.6 Å². The van der Waals surface area contributed by atoms with E-state index >= 15 is 0 Å². The summed E-state index contributed by atoms with van der Waals surface area (Å²) in [7, 11) is 0. The summed E-state index contributed by atoms with van der Waals surface area (Å²) in [5.41, 5.74) is 0.183. The molecule has 0 aliphatic carbocycles. The third-order valence-electron chi connectivity index (χ3n) is 3.77. The molecule has 124 valence electrons. The minimum Gasteiger partial charge on any atom is -0.380 e. The zero-order chi connectivity index (χ0) is 17.3. The van der Waals surface area contributed by atoms with Gasteiger partial charge in [-0.15, -0.1) is 5.10 Å². The molecule has 0 aliphatic rings. The Labute approximate surface area is 137 Å². The van der Waals surface area contributed by atoms with Crippen LogP contribution in [0.15, 0.2) is 12.1 Å². The van der Waals surface area contributed by atoms with Gasteiger partial charge in [0.2, 0.25) is 0 Å². The van der Waals surface area contributed by atoms with E-state index in [2.05, 4.69) is 15.5 Å². The SMILES string of the molecule is Cc1nnc(Cl)c(-c2c(F)ccc(F)c2F)c1NC(C)C(C)C. The second kappa shape index (κ2) is 6.74. The first-order valence-electron chi connectivity index (χ1n) is 7.17. The molecule has 3 nitrogen and oxygen atoms in total. The predicted octanol–water partition coefficient (Wildman–Crippen LogP) is 4.98. The van der Waals surface area contributed by atoms with E-state index in [1.807, 2.05) is 20.8 Å². The number of aryl methyl sites for hydroxylation is 1. The van der Waals surface area contributed by atoms with Crippen LogP contribution in [0.5, 0.6) is 0 Å². The number of benzene rings is 1. The van der Waals surface area contributed by atoms with E-state index in [1.165, 1.54) is 0 Å². The standard InChI is InChI=1S/C16H17ClF3N3/c1-7(2)8(3)21-15-9(4)22-23-16(17)13(15)12-10(18)5-6-11(19)14(12)20/h5-8H,1-4H3,(H,21,23). The number of hydrogen-bond acceptors (Lipinski definition) is 3. The van der Waals surface area contributed by atoms with E-state index in [0.29, 0.717) is 11.4 Å². The molecule has 1 aromatic heterocycles. The van der Waals surface area contributed by atoms with Crippen LogP contribution in [-0.2, 0) is 0 Å². The molecule has 1 N–H and O–H groups in total. The Kier molecular flexibility index (Phi) is 5.14. The minimum atomic E-state index is -1.31. The lowest BCUT2D eigenvalue weighted by Gasteiger charge is -2.23. The molecule has 1 aromatic carbocycles. The molecule has 0 spiro atoms. The van der Waals surface area contributed by atoms with E-state index in [4.69, 9.17) is 11.6 Å². The first kappa shape index (κ1) is 17.5. The number of nitrogens with one attached hydrogen (secondary N) is 1. The van der Waals surface area contributed by atoms with Gasteiger partial charge in [0.25, 0.3) is 0 Å². The summed E-state index contributed by atoms with van der Waals surface area (Å²) in [6, 6.07) is 1.57. The quantitative estimate of drug-likeness (QED) is 0.796. The second-order valence-corrected chi connectivity index (χ2v) is 6.08.